The Kier molecular flexibility index (Phi) is 4.93. The minimum Gasteiger partial charge on any atom is -0.381 e. The van der Waals surface area contributed by atoms with Gasteiger partial charge in [0.05, 0.1) is 6.61 Å². The van der Waals surface area contributed by atoms with E-state index in [1.165, 1.54) is 0 Å². The molecule has 2 rings (SSSR count). The number of nitrogens with zero attached hydrogens (tertiary/aromatic N) is 1. The van der Waals surface area contributed by atoms with Gasteiger partial charge in [-0.2, -0.15) is 0 Å². The number of hydrogen-bond acceptors (Lipinski definition) is 3. The van der Waals surface area contributed by atoms with E-state index in [2.05, 4.69) is 0 Å². The third-order valence-electron chi connectivity index (χ3n) is 3.58. The van der Waals surface area contributed by atoms with Crippen LogP contribution in [0.2, 0.25) is 0 Å². The Labute approximate surface area is 114 Å². The summed E-state index contributed by atoms with van der Waals surface area (Å²) in [7, 11) is 0. The van der Waals surface area contributed by atoms with Crippen molar-refractivity contribution in [2.45, 2.75) is 19.4 Å². The lowest BCUT2D eigenvalue weighted by molar-refractivity contribution is -0.131. The molecule has 1 saturated heterocycles. The molecule has 0 saturated carbocycles. The molecule has 0 aromatic heterocycles. The normalized spacial score (nSPS) is 20.5. The van der Waals surface area contributed by atoms with E-state index in [1.807, 2.05) is 42.2 Å². The summed E-state index contributed by atoms with van der Waals surface area (Å²) in [5.41, 5.74) is 6.92. The lowest BCUT2D eigenvalue weighted by Gasteiger charge is -2.21. The van der Waals surface area contributed by atoms with Crippen LogP contribution in [0.15, 0.2) is 30.3 Å². The van der Waals surface area contributed by atoms with E-state index in [0.717, 1.165) is 38.3 Å². The van der Waals surface area contributed by atoms with Crippen LogP contribution in [-0.2, 0) is 9.53 Å². The first kappa shape index (κ1) is 14.0. The second-order valence-corrected chi connectivity index (χ2v) is 4.99. The van der Waals surface area contributed by atoms with Crippen molar-refractivity contribution in [3.63, 3.8) is 0 Å². The van der Waals surface area contributed by atoms with Gasteiger partial charge >= 0.3 is 0 Å². The molecule has 2 atom stereocenters. The molecule has 4 heteroatoms. The summed E-state index contributed by atoms with van der Waals surface area (Å²) in [5.74, 6) is 0.470. The van der Waals surface area contributed by atoms with Crippen LogP contribution in [-0.4, -0.2) is 37.1 Å². The molecule has 19 heavy (non-hydrogen) atoms. The van der Waals surface area contributed by atoms with Gasteiger partial charge in [0.25, 0.3) is 0 Å². The molecule has 1 fully saturated rings. The minimum absolute atomic E-state index is 0.0187. The number of amides is 1. The summed E-state index contributed by atoms with van der Waals surface area (Å²) in [6, 6.07) is 8.99. The van der Waals surface area contributed by atoms with Gasteiger partial charge in [-0.3, -0.25) is 4.79 Å². The Balaban J connectivity index is 1.90. The van der Waals surface area contributed by atoms with E-state index < -0.39 is 6.04 Å². The molecule has 2 unspecified atom stereocenters. The zero-order valence-corrected chi connectivity index (χ0v) is 11.4. The van der Waals surface area contributed by atoms with Gasteiger partial charge in [0.2, 0.25) is 5.91 Å². The van der Waals surface area contributed by atoms with Crippen LogP contribution in [0.1, 0.15) is 24.9 Å². The summed E-state index contributed by atoms with van der Waals surface area (Å²) in [4.78, 5) is 14.2. The Hall–Kier alpha value is -1.39. The quantitative estimate of drug-likeness (QED) is 0.876. The fourth-order valence-electron chi connectivity index (χ4n) is 2.45. The molecule has 0 aliphatic carbocycles. The maximum Gasteiger partial charge on any atom is 0.244 e. The van der Waals surface area contributed by atoms with E-state index in [1.54, 1.807) is 0 Å². The lowest BCUT2D eigenvalue weighted by Crippen LogP contribution is -2.37. The van der Waals surface area contributed by atoms with E-state index in [9.17, 15) is 4.79 Å². The molecule has 1 aromatic carbocycles. The molecule has 104 valence electrons. The highest BCUT2D eigenvalue weighted by Gasteiger charge is 2.29. The van der Waals surface area contributed by atoms with Crippen LogP contribution in [0.3, 0.4) is 0 Å². The number of hydrogen-bond donors (Lipinski definition) is 1. The van der Waals surface area contributed by atoms with Crippen LogP contribution in [0.5, 0.6) is 0 Å². The van der Waals surface area contributed by atoms with Gasteiger partial charge in [0.15, 0.2) is 0 Å². The number of benzene rings is 1. The first-order chi connectivity index (χ1) is 9.22. The number of ether oxygens (including phenoxy) is 1. The molecule has 1 amide bonds. The average Bonchev–Trinajstić information content (AvgIpc) is 2.93. The Morgan fingerprint density at radius 3 is 2.89 bits per heavy atom. The number of carbonyl (C=O) groups excluding carboxylic acids is 1. The topological polar surface area (TPSA) is 55.6 Å². The maximum atomic E-state index is 12.3. The van der Waals surface area contributed by atoms with Crippen LogP contribution in [0, 0.1) is 5.92 Å². The molecular weight excluding hydrogens is 240 g/mol. The second kappa shape index (κ2) is 6.68. The van der Waals surface area contributed by atoms with Crippen molar-refractivity contribution in [2.24, 2.45) is 11.7 Å². The van der Waals surface area contributed by atoms with Gasteiger partial charge < -0.3 is 15.4 Å². The van der Waals surface area contributed by atoms with Gasteiger partial charge in [-0.25, -0.2) is 0 Å². The molecule has 0 bridgehead atoms. The fourth-order valence-corrected chi connectivity index (χ4v) is 2.45. The largest absolute Gasteiger partial charge is 0.381 e. The van der Waals surface area contributed by atoms with Gasteiger partial charge in [-0.15, -0.1) is 0 Å². The highest BCUT2D eigenvalue weighted by atomic mass is 16.5. The Morgan fingerprint density at radius 2 is 2.21 bits per heavy atom. The van der Waals surface area contributed by atoms with Gasteiger partial charge in [-0.05, 0) is 18.9 Å². The SMILES string of the molecule is CCOCC1CCN(C(=O)C(N)c2ccccc2)C1. The molecule has 4 nitrogen and oxygen atoms in total. The van der Waals surface area contributed by atoms with Gasteiger partial charge in [0.1, 0.15) is 6.04 Å². The highest BCUT2D eigenvalue weighted by Crippen LogP contribution is 2.21. The van der Waals surface area contributed by atoms with Crippen molar-refractivity contribution in [3.05, 3.63) is 35.9 Å². The molecule has 1 aromatic rings. The number of carbonyl (C=O) groups is 1. The van der Waals surface area contributed by atoms with Crippen LogP contribution >= 0.6 is 0 Å². The third kappa shape index (κ3) is 3.55. The molecule has 1 aliphatic rings. The smallest absolute Gasteiger partial charge is 0.244 e. The van der Waals surface area contributed by atoms with E-state index in [4.69, 9.17) is 10.5 Å². The highest BCUT2D eigenvalue weighted by molar-refractivity contribution is 5.83. The summed E-state index contributed by atoms with van der Waals surface area (Å²) in [6.07, 6.45) is 1.01. The molecule has 0 radical (unpaired) electrons. The summed E-state index contributed by atoms with van der Waals surface area (Å²) in [5, 5.41) is 0. The molecule has 1 heterocycles. The summed E-state index contributed by atoms with van der Waals surface area (Å²) in [6.45, 7) is 5.01. The molecule has 0 spiro atoms. The number of nitrogens with two attached hydrogens (primary N) is 1. The first-order valence-corrected chi connectivity index (χ1v) is 6.89. The number of rotatable bonds is 5. The predicted molar refractivity (Wildman–Crippen MR) is 74.6 cm³/mol. The third-order valence-corrected chi connectivity index (χ3v) is 3.58. The Morgan fingerprint density at radius 1 is 1.47 bits per heavy atom. The fraction of sp³-hybridized carbons (Fsp3) is 0.533. The van der Waals surface area contributed by atoms with E-state index in [-0.39, 0.29) is 5.91 Å². The molecule has 2 N–H and O–H groups in total. The number of likely N-dealkylation sites (tertiary alicyclic amines) is 1. The van der Waals surface area contributed by atoms with Crippen LogP contribution in [0.25, 0.3) is 0 Å². The summed E-state index contributed by atoms with van der Waals surface area (Å²) < 4.78 is 5.42. The van der Waals surface area contributed by atoms with Crippen molar-refractivity contribution in [2.75, 3.05) is 26.3 Å². The van der Waals surface area contributed by atoms with Crippen molar-refractivity contribution in [3.8, 4) is 0 Å². The van der Waals surface area contributed by atoms with Crippen molar-refractivity contribution in [1.82, 2.24) is 4.90 Å². The summed E-state index contributed by atoms with van der Waals surface area (Å²) >= 11 is 0. The van der Waals surface area contributed by atoms with Gasteiger partial charge in [0, 0.05) is 25.6 Å². The van der Waals surface area contributed by atoms with Crippen LogP contribution in [0.4, 0.5) is 0 Å². The minimum atomic E-state index is -0.549. The Bertz CT molecular complexity index is 408. The first-order valence-electron chi connectivity index (χ1n) is 6.89. The average molecular weight is 262 g/mol. The zero-order chi connectivity index (χ0) is 13.7. The van der Waals surface area contributed by atoms with Crippen LogP contribution < -0.4 is 5.73 Å². The van der Waals surface area contributed by atoms with Crippen molar-refractivity contribution < 1.29 is 9.53 Å². The van der Waals surface area contributed by atoms with Gasteiger partial charge in [-0.1, -0.05) is 30.3 Å². The monoisotopic (exact) mass is 262 g/mol. The van der Waals surface area contributed by atoms with Crippen molar-refractivity contribution >= 4 is 5.91 Å². The van der Waals surface area contributed by atoms with Crippen molar-refractivity contribution in [1.29, 1.82) is 0 Å². The zero-order valence-electron chi connectivity index (χ0n) is 11.4. The molecular formula is C15H22N2O2. The van der Waals surface area contributed by atoms with E-state index in [0.29, 0.717) is 5.92 Å². The lowest BCUT2D eigenvalue weighted by atomic mass is 10.1. The second-order valence-electron chi connectivity index (χ2n) is 4.99. The standard InChI is InChI=1S/C15H22N2O2/c1-2-19-11-12-8-9-17(10-12)15(18)14(16)13-6-4-3-5-7-13/h3-7,12,14H,2,8-11,16H2,1H3. The molecule has 1 aliphatic heterocycles. The van der Waals surface area contributed by atoms with E-state index >= 15 is 0 Å². The maximum absolute atomic E-state index is 12.3. The predicted octanol–water partition coefficient (Wildman–Crippen LogP) is 1.57.